The fraction of sp³-hybridized carbons (Fsp3) is 0.219. The highest BCUT2D eigenvalue weighted by Gasteiger charge is 2.53. The normalized spacial score (nSPS) is 13.5. The molecule has 1 spiro atoms. The van der Waals surface area contributed by atoms with E-state index in [1.165, 1.54) is 61.2 Å². The number of anilines is 6. The molecule has 2 aliphatic rings. The lowest BCUT2D eigenvalue weighted by molar-refractivity contribution is 0.586. The van der Waals surface area contributed by atoms with Crippen LogP contribution in [0.1, 0.15) is 114 Å². The van der Waals surface area contributed by atoms with E-state index in [-0.39, 0.29) is 16.2 Å². The monoisotopic (exact) mass is 1010 g/mol. The number of fused-ring (bicyclic) bond motifs is 10. The maximum absolute atomic E-state index is 4.25. The quantitative estimate of drug-likeness (QED) is 0.157. The average molecular weight is 1020 g/mol. The van der Waals surface area contributed by atoms with Gasteiger partial charge in [-0.15, -0.1) is 0 Å². The molecule has 0 unspecified atom stereocenters. The Hall–Kier alpha value is -5.94. The minimum Gasteiger partial charge on any atom is -0.310 e. The molecule has 2 nitrogen and oxygen atoms in total. The molecule has 10 rings (SSSR count). The van der Waals surface area contributed by atoms with E-state index >= 15 is 0 Å². The van der Waals surface area contributed by atoms with Crippen LogP contribution in [0.25, 0.3) is 27.8 Å². The van der Waals surface area contributed by atoms with Gasteiger partial charge in [-0.3, -0.25) is 0 Å². The molecule has 4 heteroatoms. The summed E-state index contributed by atoms with van der Waals surface area (Å²) < 4.78 is 2.10. The van der Waals surface area contributed by atoms with Crippen LogP contribution in [-0.4, -0.2) is 0 Å². The zero-order valence-corrected chi connectivity index (χ0v) is 44.2. The highest BCUT2D eigenvalue weighted by Crippen LogP contribution is 2.65. The van der Waals surface area contributed by atoms with Gasteiger partial charge in [0.1, 0.15) is 0 Å². The first-order valence-electron chi connectivity index (χ1n) is 23.8. The second-order valence-electron chi connectivity index (χ2n) is 22.0. The van der Waals surface area contributed by atoms with E-state index in [0.717, 1.165) is 54.2 Å². The van der Waals surface area contributed by atoms with Crippen molar-refractivity contribution in [3.8, 4) is 22.3 Å². The van der Waals surface area contributed by atoms with E-state index in [4.69, 9.17) is 0 Å². The molecule has 0 aliphatic heterocycles. The van der Waals surface area contributed by atoms with Gasteiger partial charge in [-0.05, 0) is 187 Å². The SMILES string of the molecule is C=C(C)c1ccc(N(c2ccc(Br)cc2)c2ccc3c(c2)C2(c4cc(N(c5ccc(Br)cc5)c5ccc(C(C)(C)C)cc5)ccc4-3)c3cc(C(C)(C)C)ccc3-c3ccc(C(C)(C)C)cc32)cc1. The van der Waals surface area contributed by atoms with Crippen LogP contribution in [0.3, 0.4) is 0 Å². The van der Waals surface area contributed by atoms with Crippen molar-refractivity contribution < 1.29 is 0 Å². The smallest absolute Gasteiger partial charge is 0.0727 e. The zero-order valence-electron chi connectivity index (χ0n) is 41.0. The highest BCUT2D eigenvalue weighted by molar-refractivity contribution is 9.10. The Morgan fingerprint density at radius 1 is 0.368 bits per heavy atom. The van der Waals surface area contributed by atoms with Crippen LogP contribution in [0.5, 0.6) is 0 Å². The standard InChI is InChI=1S/C64H60Br2N2/c1-40(2)41-12-22-47(23-13-41)67(49-26-18-45(65)19-27-49)51-30-34-55-56-35-31-52(68(50-28-20-46(66)21-29-50)48-24-14-42(15-25-48)61(3,4)5)39-60(56)64(59(55)38-51)57-36-43(62(6,7)8)16-32-53(57)54-33-17-44(37-58(54)64)63(9,10)11/h12-39H,1H2,2-11H3. The summed E-state index contributed by atoms with van der Waals surface area (Å²) in [5.74, 6) is 0. The first kappa shape index (κ1) is 45.8. The number of halogens is 2. The van der Waals surface area contributed by atoms with Crippen molar-refractivity contribution in [3.05, 3.63) is 230 Å². The van der Waals surface area contributed by atoms with E-state index in [0.29, 0.717) is 0 Å². The Kier molecular flexibility index (Phi) is 11.2. The second kappa shape index (κ2) is 16.6. The molecule has 0 atom stereocenters. The van der Waals surface area contributed by atoms with Crippen molar-refractivity contribution >= 4 is 71.6 Å². The van der Waals surface area contributed by atoms with Crippen LogP contribution >= 0.6 is 31.9 Å². The molecule has 340 valence electrons. The van der Waals surface area contributed by atoms with Crippen molar-refractivity contribution in [2.24, 2.45) is 0 Å². The van der Waals surface area contributed by atoms with Crippen LogP contribution in [0.15, 0.2) is 185 Å². The van der Waals surface area contributed by atoms with Crippen molar-refractivity contribution in [2.45, 2.75) is 90.9 Å². The lowest BCUT2D eigenvalue weighted by Gasteiger charge is -2.35. The summed E-state index contributed by atoms with van der Waals surface area (Å²) in [5, 5.41) is 0. The summed E-state index contributed by atoms with van der Waals surface area (Å²) in [4.78, 5) is 4.83. The molecule has 2 aliphatic carbocycles. The van der Waals surface area contributed by atoms with Gasteiger partial charge in [-0.1, -0.05) is 179 Å². The summed E-state index contributed by atoms with van der Waals surface area (Å²) in [6, 6.07) is 64.5. The summed E-state index contributed by atoms with van der Waals surface area (Å²) >= 11 is 7.46. The Bertz CT molecular complexity index is 3180. The molecule has 0 fully saturated rings. The van der Waals surface area contributed by atoms with Gasteiger partial charge < -0.3 is 9.80 Å². The Morgan fingerprint density at radius 3 is 0.985 bits per heavy atom. The Morgan fingerprint density at radius 2 is 0.647 bits per heavy atom. The molecular formula is C64H60Br2N2. The summed E-state index contributed by atoms with van der Waals surface area (Å²) in [5.41, 5.74) is 22.4. The van der Waals surface area contributed by atoms with Gasteiger partial charge in [0, 0.05) is 43.1 Å². The van der Waals surface area contributed by atoms with Gasteiger partial charge in [0.2, 0.25) is 0 Å². The van der Waals surface area contributed by atoms with Crippen LogP contribution in [0.4, 0.5) is 34.1 Å². The third-order valence-corrected chi connectivity index (χ3v) is 15.3. The Balaban J connectivity index is 1.29. The number of hydrogen-bond donors (Lipinski definition) is 0. The van der Waals surface area contributed by atoms with E-state index in [9.17, 15) is 0 Å². The highest BCUT2D eigenvalue weighted by atomic mass is 79.9. The third-order valence-electron chi connectivity index (χ3n) is 14.3. The largest absolute Gasteiger partial charge is 0.310 e. The predicted octanol–water partition coefficient (Wildman–Crippen LogP) is 19.4. The number of benzene rings is 8. The maximum Gasteiger partial charge on any atom is 0.0727 e. The molecule has 0 N–H and O–H groups in total. The number of allylic oxidation sites excluding steroid dienone is 1. The number of nitrogens with zero attached hydrogens (tertiary/aromatic N) is 2. The molecule has 0 aromatic heterocycles. The molecule has 0 radical (unpaired) electrons. The topological polar surface area (TPSA) is 6.48 Å². The zero-order chi connectivity index (χ0) is 48.1. The van der Waals surface area contributed by atoms with Crippen molar-refractivity contribution in [3.63, 3.8) is 0 Å². The fourth-order valence-corrected chi connectivity index (χ4v) is 11.0. The predicted molar refractivity (Wildman–Crippen MR) is 298 cm³/mol. The van der Waals surface area contributed by atoms with E-state index in [1.54, 1.807) is 0 Å². The van der Waals surface area contributed by atoms with Gasteiger partial charge in [0.15, 0.2) is 0 Å². The lowest BCUT2D eigenvalue weighted by Crippen LogP contribution is -2.28. The lowest BCUT2D eigenvalue weighted by atomic mass is 9.68. The fourth-order valence-electron chi connectivity index (χ4n) is 10.5. The van der Waals surface area contributed by atoms with Gasteiger partial charge in [0.25, 0.3) is 0 Å². The molecule has 8 aromatic rings. The van der Waals surface area contributed by atoms with Gasteiger partial charge >= 0.3 is 0 Å². The third kappa shape index (κ3) is 7.78. The molecule has 0 saturated carbocycles. The average Bonchev–Trinajstić information content (AvgIpc) is 3.76. The van der Waals surface area contributed by atoms with Crippen molar-refractivity contribution in [1.29, 1.82) is 0 Å². The molecule has 8 aromatic carbocycles. The van der Waals surface area contributed by atoms with Crippen molar-refractivity contribution in [1.82, 2.24) is 0 Å². The van der Waals surface area contributed by atoms with Crippen molar-refractivity contribution in [2.75, 3.05) is 9.80 Å². The maximum atomic E-state index is 4.25. The van der Waals surface area contributed by atoms with Gasteiger partial charge in [0.05, 0.1) is 5.41 Å². The van der Waals surface area contributed by atoms with Gasteiger partial charge in [-0.2, -0.15) is 0 Å². The number of hydrogen-bond acceptors (Lipinski definition) is 2. The van der Waals surface area contributed by atoms with Crippen LogP contribution in [0, 0.1) is 0 Å². The van der Waals surface area contributed by atoms with E-state index < -0.39 is 5.41 Å². The molecule has 68 heavy (non-hydrogen) atoms. The first-order chi connectivity index (χ1) is 32.2. The van der Waals surface area contributed by atoms with Gasteiger partial charge in [-0.25, -0.2) is 0 Å². The molecule has 0 heterocycles. The van der Waals surface area contributed by atoms with Crippen LogP contribution in [-0.2, 0) is 21.7 Å². The second-order valence-corrected chi connectivity index (χ2v) is 23.8. The summed E-state index contributed by atoms with van der Waals surface area (Å²) in [7, 11) is 0. The molecular weight excluding hydrogens is 957 g/mol. The summed E-state index contributed by atoms with van der Waals surface area (Å²) in [6.07, 6.45) is 0. The molecule has 0 amide bonds. The minimum absolute atomic E-state index is 0.0354. The van der Waals surface area contributed by atoms with E-state index in [1.807, 2.05) is 0 Å². The Labute approximate surface area is 421 Å². The first-order valence-corrected chi connectivity index (χ1v) is 25.4. The number of rotatable bonds is 7. The van der Waals surface area contributed by atoms with E-state index in [2.05, 4.69) is 287 Å². The summed E-state index contributed by atoms with van der Waals surface area (Å²) in [6.45, 7) is 27.2. The van der Waals surface area contributed by atoms with Crippen LogP contribution in [0.2, 0.25) is 0 Å². The molecule has 0 bridgehead atoms. The van der Waals surface area contributed by atoms with Crippen LogP contribution < -0.4 is 9.80 Å². The minimum atomic E-state index is -0.638. The molecule has 0 saturated heterocycles.